The number of carboxylic acid groups (broad SMARTS) is 1. The number of carbonyl (C=O) groups excluding carboxylic acids is 4. The lowest BCUT2D eigenvalue weighted by atomic mass is 9.98. The van der Waals surface area contributed by atoms with E-state index in [1.807, 2.05) is 0 Å². The van der Waals surface area contributed by atoms with Crippen LogP contribution in [0.3, 0.4) is 0 Å². The largest absolute Gasteiger partial charge is 0.481 e. The molecule has 0 spiro atoms. The van der Waals surface area contributed by atoms with Crippen molar-refractivity contribution in [2.45, 2.75) is 94.4 Å². The molecule has 1 fully saturated rings. The van der Waals surface area contributed by atoms with Crippen molar-refractivity contribution in [2.75, 3.05) is 17.7 Å². The van der Waals surface area contributed by atoms with Crippen molar-refractivity contribution >= 4 is 47.4 Å². The lowest BCUT2D eigenvalue weighted by Gasteiger charge is -2.27. The molecule has 18 heteroatoms. The summed E-state index contributed by atoms with van der Waals surface area (Å²) in [5, 5.41) is 40.2. The van der Waals surface area contributed by atoms with Crippen LogP contribution in [0.1, 0.15) is 57.4 Å². The molecule has 0 saturated carbocycles. The molecular weight excluding hydrogens is 749 g/mol. The Hall–Kier alpha value is -5.30. The minimum Gasteiger partial charge on any atom is -0.481 e. The van der Waals surface area contributed by atoms with Crippen molar-refractivity contribution in [1.82, 2.24) is 25.5 Å². The molecule has 0 unspecified atom stereocenters. The van der Waals surface area contributed by atoms with Gasteiger partial charge in [0.25, 0.3) is 0 Å². The van der Waals surface area contributed by atoms with Crippen LogP contribution in [0.4, 0.5) is 10.6 Å². The second-order valence-corrected chi connectivity index (χ2v) is 15.2. The lowest BCUT2D eigenvalue weighted by molar-refractivity contribution is -0.138. The van der Waals surface area contributed by atoms with Crippen LogP contribution in [0.2, 0.25) is 0 Å². The minimum atomic E-state index is -1.46. The summed E-state index contributed by atoms with van der Waals surface area (Å²) in [5.74, 6) is -3.40. The smallest absolute Gasteiger partial charge is 0.407 e. The van der Waals surface area contributed by atoms with E-state index in [0.717, 1.165) is 5.56 Å². The summed E-state index contributed by atoms with van der Waals surface area (Å²) >= 11 is 1.34. The third-order valence-electron chi connectivity index (χ3n) is 8.35. The Morgan fingerprint density at radius 1 is 0.929 bits per heavy atom. The predicted octanol–water partition coefficient (Wildman–Crippen LogP) is 1.73. The highest BCUT2D eigenvalue weighted by Gasteiger charge is 2.32. The van der Waals surface area contributed by atoms with Gasteiger partial charge in [0.15, 0.2) is 0 Å². The number of aliphatic hydroxyl groups is 2. The van der Waals surface area contributed by atoms with Crippen LogP contribution in [0.25, 0.3) is 0 Å². The topological polar surface area (TPSA) is 248 Å². The summed E-state index contributed by atoms with van der Waals surface area (Å²) in [4.78, 5) is 81.7. The summed E-state index contributed by atoms with van der Waals surface area (Å²) in [6.45, 7) is 4.80. The van der Waals surface area contributed by atoms with E-state index in [9.17, 15) is 44.1 Å². The van der Waals surface area contributed by atoms with Crippen molar-refractivity contribution in [1.29, 1.82) is 0 Å². The zero-order valence-electron chi connectivity index (χ0n) is 31.3. The number of carbonyl (C=O) groups is 5. The normalized spacial score (nSPS) is 17.4. The van der Waals surface area contributed by atoms with Gasteiger partial charge in [0.1, 0.15) is 35.2 Å². The number of hydrogen-bond acceptors (Lipinski definition) is 12. The van der Waals surface area contributed by atoms with Gasteiger partial charge in [-0.2, -0.15) is 4.98 Å². The Labute approximate surface area is 327 Å². The van der Waals surface area contributed by atoms with Crippen LogP contribution in [0.5, 0.6) is 0 Å². The predicted molar refractivity (Wildman–Crippen MR) is 205 cm³/mol. The molecule has 302 valence electrons. The molecule has 0 aliphatic carbocycles. The van der Waals surface area contributed by atoms with E-state index in [1.165, 1.54) is 28.6 Å². The first-order valence-corrected chi connectivity index (χ1v) is 19.0. The molecule has 1 saturated heterocycles. The number of nitrogens with one attached hydrogen (secondary N) is 4. The van der Waals surface area contributed by atoms with E-state index >= 15 is 0 Å². The van der Waals surface area contributed by atoms with Crippen molar-refractivity contribution in [2.24, 2.45) is 0 Å². The Kier molecular flexibility index (Phi) is 16.0. The van der Waals surface area contributed by atoms with Gasteiger partial charge in [0, 0.05) is 24.8 Å². The number of aliphatic carboxylic acids is 1. The van der Waals surface area contributed by atoms with Gasteiger partial charge in [0.05, 0.1) is 25.2 Å². The van der Waals surface area contributed by atoms with Crippen molar-refractivity contribution in [3.63, 3.8) is 0 Å². The third kappa shape index (κ3) is 14.1. The first kappa shape index (κ1) is 43.4. The van der Waals surface area contributed by atoms with Gasteiger partial charge in [0.2, 0.25) is 17.7 Å². The monoisotopic (exact) mass is 796 g/mol. The number of alkyl carbamates (subject to hydrolysis) is 1. The van der Waals surface area contributed by atoms with Crippen LogP contribution in [0.15, 0.2) is 77.7 Å². The number of anilines is 1. The van der Waals surface area contributed by atoms with Crippen LogP contribution in [-0.4, -0.2) is 102 Å². The van der Waals surface area contributed by atoms with Gasteiger partial charge in [-0.05, 0) is 50.8 Å². The van der Waals surface area contributed by atoms with Gasteiger partial charge in [-0.25, -0.2) is 9.59 Å². The summed E-state index contributed by atoms with van der Waals surface area (Å²) in [5.41, 5.74) is -0.633. The highest BCUT2D eigenvalue weighted by molar-refractivity contribution is 8.00. The first-order valence-electron chi connectivity index (χ1n) is 17.9. The zero-order chi connectivity index (χ0) is 40.8. The number of amides is 4. The van der Waals surface area contributed by atoms with Gasteiger partial charge in [-0.15, -0.1) is 11.8 Å². The van der Waals surface area contributed by atoms with Gasteiger partial charge >= 0.3 is 17.8 Å². The second-order valence-electron chi connectivity index (χ2n) is 14.0. The quantitative estimate of drug-likeness (QED) is 0.0971. The molecule has 2 heterocycles. The Morgan fingerprint density at radius 2 is 1.57 bits per heavy atom. The molecule has 2 aromatic carbocycles. The lowest BCUT2D eigenvalue weighted by Crippen LogP contribution is -2.54. The average molecular weight is 797 g/mol. The molecule has 4 amide bonds. The maximum atomic E-state index is 13.7. The van der Waals surface area contributed by atoms with Crippen LogP contribution in [-0.2, 0) is 41.5 Å². The minimum absolute atomic E-state index is 0.0268. The first-order chi connectivity index (χ1) is 26.6. The molecule has 17 nitrogen and oxygen atoms in total. The Morgan fingerprint density at radius 3 is 2.14 bits per heavy atom. The maximum absolute atomic E-state index is 13.7. The van der Waals surface area contributed by atoms with Crippen molar-refractivity contribution < 1.29 is 48.8 Å². The molecule has 6 atom stereocenters. The molecule has 0 radical (unpaired) electrons. The Bertz CT molecular complexity index is 1860. The summed E-state index contributed by atoms with van der Waals surface area (Å²) < 4.78 is 12.2. The molecule has 56 heavy (non-hydrogen) atoms. The average Bonchev–Trinajstić information content (AvgIpc) is 3.62. The molecule has 0 bridgehead atoms. The number of nitrogens with zero attached hydrogens (tertiary/aromatic N) is 2. The van der Waals surface area contributed by atoms with Crippen LogP contribution < -0.4 is 27.0 Å². The highest BCUT2D eigenvalue weighted by atomic mass is 32.2. The molecule has 1 aromatic heterocycles. The summed E-state index contributed by atoms with van der Waals surface area (Å²) in [6, 6.07) is 15.3. The number of aromatic nitrogens is 2. The third-order valence-corrected chi connectivity index (χ3v) is 9.46. The molecular formula is C38H48N6O11S. The molecule has 1 aliphatic heterocycles. The number of rotatable bonds is 18. The fraction of sp³-hybridized carbons (Fsp3) is 0.447. The molecule has 4 rings (SSSR count). The zero-order valence-corrected chi connectivity index (χ0v) is 32.1. The molecule has 1 aliphatic rings. The fourth-order valence-corrected chi connectivity index (χ4v) is 6.59. The summed E-state index contributed by atoms with van der Waals surface area (Å²) in [7, 11) is 0. The SMILES string of the molecule is CC(C)(C)OC(=O)N[C@@H](Cc1ccccc1)[C@@H](O)CC(=O)N[C@@H](CCC(=O)O)C(=O)N[C@@H](Cc1ccccc1)C(=O)Nc1ccn([C@H]2CS[C@@H](CO)O2)c(=O)n1. The number of aliphatic hydroxyl groups excluding tert-OH is 2. The van der Waals surface area contributed by atoms with E-state index in [-0.39, 0.29) is 31.7 Å². The number of thioether (sulfide) groups is 1. The Balaban J connectivity index is 1.48. The van der Waals surface area contributed by atoms with E-state index in [0.29, 0.717) is 11.3 Å². The van der Waals surface area contributed by atoms with E-state index in [2.05, 4.69) is 26.3 Å². The maximum Gasteiger partial charge on any atom is 0.407 e. The number of hydrogen-bond donors (Lipinski definition) is 7. The van der Waals surface area contributed by atoms with Crippen molar-refractivity contribution in [3.8, 4) is 0 Å². The second kappa shape index (κ2) is 20.6. The molecule has 3 aromatic rings. The number of carboxylic acids is 1. The van der Waals surface area contributed by atoms with E-state index in [1.54, 1.807) is 81.4 Å². The van der Waals surface area contributed by atoms with Crippen LogP contribution in [0, 0.1) is 0 Å². The highest BCUT2D eigenvalue weighted by Crippen LogP contribution is 2.30. The van der Waals surface area contributed by atoms with Gasteiger partial charge in [-0.1, -0.05) is 60.7 Å². The fourth-order valence-electron chi connectivity index (χ4n) is 5.66. The number of benzene rings is 2. The number of ether oxygens (including phenoxy) is 2. The van der Waals surface area contributed by atoms with Gasteiger partial charge < -0.3 is 46.1 Å². The standard InChI is InChI=1S/C38H48N6O11S/c1-38(2,3)55-37(53)41-26(18-23-10-6-4-7-11-23)28(46)20-30(47)39-25(14-15-32(48)49)34(50)40-27(19-24-12-8-5-9-13-24)35(51)42-29-16-17-44(36(52)43-29)31-22-56-33(21-45)54-31/h4-13,16-17,25-28,31,33,45-46H,14-15,18-22H2,1-3H3,(H,39,47)(H,40,50)(H,41,53)(H,48,49)(H,42,43,51,52)/t25-,26-,27-,28-,31+,33-/m0/s1. The summed E-state index contributed by atoms with van der Waals surface area (Å²) in [6.07, 6.45) is -2.89. The molecule has 7 N–H and O–H groups in total. The van der Waals surface area contributed by atoms with E-state index < -0.39 is 89.8 Å². The van der Waals surface area contributed by atoms with E-state index in [4.69, 9.17) is 9.47 Å². The van der Waals surface area contributed by atoms with Crippen molar-refractivity contribution in [3.05, 3.63) is 94.5 Å². The van der Waals surface area contributed by atoms with Crippen LogP contribution >= 0.6 is 11.8 Å². The van der Waals surface area contributed by atoms with Gasteiger partial charge in [-0.3, -0.25) is 23.7 Å².